The molecule has 0 saturated heterocycles. The Labute approximate surface area is 159 Å². The molecule has 0 fully saturated rings. The maximum Gasteiger partial charge on any atom is 0.166 e. The molecule has 136 valence electrons. The van der Waals surface area contributed by atoms with Crippen molar-refractivity contribution < 1.29 is 4.28 Å². The highest BCUT2D eigenvalue weighted by atomic mass is 35.5. The first-order chi connectivity index (χ1) is 12.6. The van der Waals surface area contributed by atoms with Crippen LogP contribution in [0.5, 0.6) is 0 Å². The van der Waals surface area contributed by atoms with E-state index in [-0.39, 0.29) is 10.3 Å². The number of benzene rings is 1. The monoisotopic (exact) mass is 371 g/mol. The predicted octanol–water partition coefficient (Wildman–Crippen LogP) is 4.33. The molecule has 3 heterocycles. The van der Waals surface area contributed by atoms with E-state index in [4.69, 9.17) is 17.3 Å². The van der Waals surface area contributed by atoms with Crippen LogP contribution >= 0.6 is 11.6 Å². The number of fused-ring (bicyclic) bond motifs is 1. The summed E-state index contributed by atoms with van der Waals surface area (Å²) in [6, 6.07) is 11.4. The fourth-order valence-corrected chi connectivity index (χ4v) is 2.91. The van der Waals surface area contributed by atoms with Gasteiger partial charge in [-0.1, -0.05) is 23.7 Å². The summed E-state index contributed by atoms with van der Waals surface area (Å²) in [4.78, 5) is 13.0. The molecule has 0 aliphatic rings. The Kier molecular flexibility index (Phi) is 4.14. The van der Waals surface area contributed by atoms with Crippen molar-refractivity contribution in [2.75, 3.05) is 11.1 Å². The van der Waals surface area contributed by atoms with Crippen molar-refractivity contribution in [3.05, 3.63) is 65.7 Å². The van der Waals surface area contributed by atoms with Crippen molar-refractivity contribution in [3.63, 3.8) is 0 Å². The summed E-state index contributed by atoms with van der Waals surface area (Å²) in [6.07, 6.45) is 4.99. The average Bonchev–Trinajstić information content (AvgIpc) is 2.98. The van der Waals surface area contributed by atoms with Gasteiger partial charge in [-0.2, -0.15) is 0 Å². The van der Waals surface area contributed by atoms with Crippen LogP contribution < -0.4 is 11.1 Å². The molecule has 3 N–H and O–H groups in total. The van der Waals surface area contributed by atoms with Gasteiger partial charge in [0.2, 0.25) is 0 Å². The highest BCUT2D eigenvalue weighted by Crippen LogP contribution is 2.29. The lowest BCUT2D eigenvalue weighted by molar-refractivity contribution is 0.872. The minimum atomic E-state index is 0. The van der Waals surface area contributed by atoms with Gasteiger partial charge in [0.05, 0.1) is 11.3 Å². The molecule has 4 rings (SSSR count). The molecule has 0 spiro atoms. The van der Waals surface area contributed by atoms with Crippen LogP contribution in [0.1, 0.15) is 22.8 Å². The van der Waals surface area contributed by atoms with Gasteiger partial charge < -0.3 is 11.1 Å². The van der Waals surface area contributed by atoms with Crippen LogP contribution in [0.3, 0.4) is 0 Å². The van der Waals surface area contributed by atoms with Crippen LogP contribution in [0, 0.1) is 0 Å². The molecule has 3 aromatic heterocycles. The summed E-state index contributed by atoms with van der Waals surface area (Å²) in [7, 11) is 0. The lowest BCUT2D eigenvalue weighted by Crippen LogP contribution is -2.08. The molecule has 8 heteroatoms. The molecule has 0 saturated carbocycles. The summed E-state index contributed by atoms with van der Waals surface area (Å²) < 4.78 is 1.64. The van der Waals surface area contributed by atoms with Crippen molar-refractivity contribution in [2.24, 2.45) is 0 Å². The van der Waals surface area contributed by atoms with E-state index in [1.165, 1.54) is 6.33 Å². The molecule has 1 atom stereocenters. The number of nitrogen functional groups attached to an aromatic ring is 1. The number of rotatable bonds is 4. The molecule has 26 heavy (non-hydrogen) atoms. The first kappa shape index (κ1) is 16.3. The summed E-state index contributed by atoms with van der Waals surface area (Å²) in [6.45, 7) is 2.05. The number of nitrogens with one attached hydrogen (secondary N) is 1. The second-order valence-corrected chi connectivity index (χ2v) is 6.29. The van der Waals surface area contributed by atoms with Gasteiger partial charge in [-0.3, -0.25) is 0 Å². The fraction of sp³-hybridized carbons (Fsp3) is 0.111. The first-order valence-electron chi connectivity index (χ1n) is 8.05. The van der Waals surface area contributed by atoms with Crippen LogP contribution in [-0.4, -0.2) is 24.6 Å². The molecular weight excluding hydrogens is 350 g/mol. The van der Waals surface area contributed by atoms with Crippen LogP contribution in [-0.2, 0) is 0 Å². The Hall–Kier alpha value is -3.19. The Morgan fingerprint density at radius 1 is 1.19 bits per heavy atom. The van der Waals surface area contributed by atoms with E-state index in [1.54, 1.807) is 23.0 Å². The van der Waals surface area contributed by atoms with Crippen molar-refractivity contribution in [2.45, 2.75) is 13.0 Å². The lowest BCUT2D eigenvalue weighted by atomic mass is 10.1. The third kappa shape index (κ3) is 3.04. The number of hydrogen-bond acceptors (Lipinski definition) is 6. The highest BCUT2D eigenvalue weighted by Gasteiger charge is 2.16. The topological polar surface area (TPSA) is 94.0 Å². The molecule has 0 radical (unpaired) electrons. The maximum absolute atomic E-state index is 6.08. The van der Waals surface area contributed by atoms with E-state index in [1.807, 2.05) is 30.3 Å². The zero-order chi connectivity index (χ0) is 18.1. The molecule has 0 aliphatic heterocycles. The Balaban J connectivity index is 0.00000140. The van der Waals surface area contributed by atoms with E-state index in [2.05, 4.69) is 32.3 Å². The number of anilines is 2. The van der Waals surface area contributed by atoms with Crippen molar-refractivity contribution in [3.8, 4) is 11.3 Å². The van der Waals surface area contributed by atoms with Gasteiger partial charge >= 0.3 is 0 Å². The van der Waals surface area contributed by atoms with Crippen LogP contribution in [0.25, 0.3) is 16.9 Å². The average molecular weight is 372 g/mol. The summed E-state index contributed by atoms with van der Waals surface area (Å²) >= 11 is 5.95. The molecular formula is C18H22ClN7. The zero-order valence-electron chi connectivity index (χ0n) is 14.0. The molecule has 0 aliphatic carbocycles. The second-order valence-electron chi connectivity index (χ2n) is 5.85. The standard InChI is InChI=1S/C18H16ClN7.3H2/c1-11(12-3-5-13(19)6-4-12)24-15-9-14(22-10-23-15)16-17(20)25-26-8-2-7-21-18(16)26;;;/h2-11H,1H3,(H2,20,25)(H,22,23,24);3*1H/t11-;;;/m0.../s1. The summed E-state index contributed by atoms with van der Waals surface area (Å²) in [5.41, 5.74) is 9.19. The third-order valence-corrected chi connectivity index (χ3v) is 4.33. The molecule has 0 unspecified atom stereocenters. The Morgan fingerprint density at radius 2 is 2.00 bits per heavy atom. The second kappa shape index (κ2) is 6.61. The van der Waals surface area contributed by atoms with E-state index in [0.29, 0.717) is 33.6 Å². The van der Waals surface area contributed by atoms with Gasteiger partial charge in [0, 0.05) is 33.8 Å². The number of halogens is 1. The van der Waals surface area contributed by atoms with Gasteiger partial charge in [0.25, 0.3) is 0 Å². The van der Waals surface area contributed by atoms with Crippen molar-refractivity contribution in [1.29, 1.82) is 0 Å². The van der Waals surface area contributed by atoms with E-state index in [0.717, 1.165) is 5.56 Å². The van der Waals surface area contributed by atoms with E-state index < -0.39 is 0 Å². The molecule has 4 aromatic rings. The largest absolute Gasteiger partial charge is 0.382 e. The molecule has 0 amide bonds. The number of nitrogens with zero attached hydrogens (tertiary/aromatic N) is 5. The van der Waals surface area contributed by atoms with Gasteiger partial charge in [0.1, 0.15) is 12.1 Å². The minimum absolute atomic E-state index is 0. The van der Waals surface area contributed by atoms with E-state index in [9.17, 15) is 0 Å². The zero-order valence-corrected chi connectivity index (χ0v) is 14.7. The minimum Gasteiger partial charge on any atom is -0.382 e. The normalized spacial score (nSPS) is 12.2. The van der Waals surface area contributed by atoms with Gasteiger partial charge in [0.15, 0.2) is 11.5 Å². The van der Waals surface area contributed by atoms with Crippen LogP contribution in [0.2, 0.25) is 5.02 Å². The molecule has 7 nitrogen and oxygen atoms in total. The SMILES string of the molecule is C[C@H](Nc1cc(-c2c(N)nn3cccnc23)ncn1)c1ccc(Cl)cc1.[HH].[HH].[HH]. The predicted molar refractivity (Wildman–Crippen MR) is 108 cm³/mol. The summed E-state index contributed by atoms with van der Waals surface area (Å²) in [5.74, 6) is 1.06. The van der Waals surface area contributed by atoms with Crippen LogP contribution in [0.15, 0.2) is 55.1 Å². The summed E-state index contributed by atoms with van der Waals surface area (Å²) in [5, 5.41) is 8.35. The first-order valence-corrected chi connectivity index (χ1v) is 8.43. The third-order valence-electron chi connectivity index (χ3n) is 4.08. The number of hydrogen-bond donors (Lipinski definition) is 2. The van der Waals surface area contributed by atoms with Crippen molar-refractivity contribution >= 4 is 28.9 Å². The smallest absolute Gasteiger partial charge is 0.166 e. The lowest BCUT2D eigenvalue weighted by Gasteiger charge is -2.15. The number of nitrogens with two attached hydrogens (primary N) is 1. The van der Waals surface area contributed by atoms with Gasteiger partial charge in [-0.25, -0.2) is 19.5 Å². The van der Waals surface area contributed by atoms with Crippen molar-refractivity contribution in [1.82, 2.24) is 24.6 Å². The number of aromatic nitrogens is 5. The highest BCUT2D eigenvalue weighted by molar-refractivity contribution is 6.30. The van der Waals surface area contributed by atoms with Crippen LogP contribution in [0.4, 0.5) is 11.6 Å². The van der Waals surface area contributed by atoms with Gasteiger partial charge in [-0.15, -0.1) is 5.10 Å². The maximum atomic E-state index is 6.08. The van der Waals surface area contributed by atoms with E-state index >= 15 is 0 Å². The molecule has 1 aromatic carbocycles. The Morgan fingerprint density at radius 3 is 2.81 bits per heavy atom. The quantitative estimate of drug-likeness (QED) is 0.554. The van der Waals surface area contributed by atoms with Gasteiger partial charge in [-0.05, 0) is 30.7 Å². The Bertz CT molecular complexity index is 1070. The molecule has 0 bridgehead atoms. The fourth-order valence-electron chi connectivity index (χ4n) is 2.78.